The molecule has 0 atom stereocenters. The maximum absolute atomic E-state index is 6.17. The maximum atomic E-state index is 6.17. The van der Waals surface area contributed by atoms with Gasteiger partial charge in [-0.15, -0.1) is 0 Å². The predicted molar refractivity (Wildman–Crippen MR) is 83.3 cm³/mol. The van der Waals surface area contributed by atoms with Crippen molar-refractivity contribution in [3.05, 3.63) is 71.9 Å². The predicted octanol–water partition coefficient (Wildman–Crippen LogP) is 3.58. The maximum Gasteiger partial charge on any atom is 0.132 e. The smallest absolute Gasteiger partial charge is 0.132 e. The average Bonchev–Trinajstić information content (AvgIpc) is 2.47. The first-order valence-electron chi connectivity index (χ1n) is 6.49. The number of nitrogens with two attached hydrogens (primary N) is 1. The fourth-order valence-electron chi connectivity index (χ4n) is 2.19. The summed E-state index contributed by atoms with van der Waals surface area (Å²) in [5.74, 6) is 0.509. The van der Waals surface area contributed by atoms with Crippen molar-refractivity contribution >= 4 is 22.4 Å². The van der Waals surface area contributed by atoms with Crippen molar-refractivity contribution in [2.75, 3.05) is 0 Å². The summed E-state index contributed by atoms with van der Waals surface area (Å²) in [6.07, 6.45) is 1.76. The summed E-state index contributed by atoms with van der Waals surface area (Å²) >= 11 is 0. The molecule has 1 aromatic heterocycles. The van der Waals surface area contributed by atoms with Crippen molar-refractivity contribution in [2.45, 2.75) is 6.92 Å². The Balaban J connectivity index is 2.14. The Kier molecular flexibility index (Phi) is 3.17. The van der Waals surface area contributed by atoms with E-state index in [0.717, 1.165) is 22.2 Å². The lowest BCUT2D eigenvalue weighted by molar-refractivity contribution is 1.37. The molecule has 2 aromatic carbocycles. The molecule has 0 bridgehead atoms. The van der Waals surface area contributed by atoms with E-state index in [-0.39, 0.29) is 0 Å². The standard InChI is InChI=1S/C17H15N3/c1-12-7-8-16-15(11-12)14(9-10-19-16)17(18)20-13-5-3-2-4-6-13/h2-11H,1H3,(H2,18,20). The van der Waals surface area contributed by atoms with Crippen LogP contribution in [0.4, 0.5) is 5.69 Å². The Bertz CT molecular complexity index is 777. The summed E-state index contributed by atoms with van der Waals surface area (Å²) in [5.41, 5.74) is 10.0. The molecule has 1 heterocycles. The molecule has 0 aliphatic rings. The van der Waals surface area contributed by atoms with Gasteiger partial charge in [-0.25, -0.2) is 4.99 Å². The molecule has 0 spiro atoms. The Labute approximate surface area is 117 Å². The zero-order valence-electron chi connectivity index (χ0n) is 11.2. The summed E-state index contributed by atoms with van der Waals surface area (Å²) in [4.78, 5) is 8.84. The number of para-hydroxylation sites is 1. The van der Waals surface area contributed by atoms with Gasteiger partial charge in [0, 0.05) is 17.1 Å². The van der Waals surface area contributed by atoms with Crippen molar-refractivity contribution in [3.63, 3.8) is 0 Å². The first kappa shape index (κ1) is 12.4. The van der Waals surface area contributed by atoms with Gasteiger partial charge in [0.1, 0.15) is 5.84 Å². The summed E-state index contributed by atoms with van der Waals surface area (Å²) in [6, 6.07) is 17.8. The molecule has 98 valence electrons. The van der Waals surface area contributed by atoms with Crippen molar-refractivity contribution in [1.29, 1.82) is 0 Å². The van der Waals surface area contributed by atoms with Gasteiger partial charge in [0.25, 0.3) is 0 Å². The number of pyridine rings is 1. The van der Waals surface area contributed by atoms with Crippen LogP contribution < -0.4 is 5.73 Å². The third-order valence-corrected chi connectivity index (χ3v) is 3.18. The van der Waals surface area contributed by atoms with E-state index in [1.807, 2.05) is 48.5 Å². The first-order chi connectivity index (χ1) is 9.74. The lowest BCUT2D eigenvalue weighted by Gasteiger charge is -2.06. The van der Waals surface area contributed by atoms with E-state index in [9.17, 15) is 0 Å². The minimum Gasteiger partial charge on any atom is -0.383 e. The van der Waals surface area contributed by atoms with Crippen LogP contribution in [-0.4, -0.2) is 10.8 Å². The van der Waals surface area contributed by atoms with E-state index in [1.54, 1.807) is 6.20 Å². The van der Waals surface area contributed by atoms with Gasteiger partial charge in [0.2, 0.25) is 0 Å². The van der Waals surface area contributed by atoms with E-state index in [2.05, 4.69) is 23.0 Å². The molecule has 0 saturated carbocycles. The van der Waals surface area contributed by atoms with Gasteiger partial charge in [0.05, 0.1) is 11.2 Å². The normalized spacial score (nSPS) is 11.8. The molecule has 0 fully saturated rings. The SMILES string of the molecule is Cc1ccc2nccc(C(N)=Nc3ccccc3)c2c1. The number of aryl methyl sites for hydroxylation is 1. The van der Waals surface area contributed by atoms with Gasteiger partial charge in [-0.2, -0.15) is 0 Å². The largest absolute Gasteiger partial charge is 0.383 e. The van der Waals surface area contributed by atoms with E-state index >= 15 is 0 Å². The van der Waals surface area contributed by atoms with Crippen molar-refractivity contribution in [3.8, 4) is 0 Å². The van der Waals surface area contributed by atoms with Crippen LogP contribution in [0.25, 0.3) is 10.9 Å². The number of hydrogen-bond donors (Lipinski definition) is 1. The van der Waals surface area contributed by atoms with Crippen LogP contribution in [0.5, 0.6) is 0 Å². The Morgan fingerprint density at radius 1 is 1.05 bits per heavy atom. The quantitative estimate of drug-likeness (QED) is 0.566. The number of benzene rings is 2. The highest BCUT2D eigenvalue weighted by molar-refractivity contribution is 6.09. The van der Waals surface area contributed by atoms with Crippen LogP contribution in [0.2, 0.25) is 0 Å². The molecule has 3 nitrogen and oxygen atoms in total. The molecule has 0 aliphatic heterocycles. The number of rotatable bonds is 2. The molecule has 3 heteroatoms. The molecule has 0 unspecified atom stereocenters. The van der Waals surface area contributed by atoms with Crippen LogP contribution in [0, 0.1) is 6.92 Å². The monoisotopic (exact) mass is 261 g/mol. The fraction of sp³-hybridized carbons (Fsp3) is 0.0588. The van der Waals surface area contributed by atoms with Gasteiger partial charge < -0.3 is 5.73 Å². The Morgan fingerprint density at radius 3 is 2.65 bits per heavy atom. The van der Waals surface area contributed by atoms with Gasteiger partial charge in [-0.1, -0.05) is 29.8 Å². The summed E-state index contributed by atoms with van der Waals surface area (Å²) in [7, 11) is 0. The van der Waals surface area contributed by atoms with Gasteiger partial charge in [0.15, 0.2) is 0 Å². The fourth-order valence-corrected chi connectivity index (χ4v) is 2.19. The second-order valence-electron chi connectivity index (χ2n) is 4.71. The third kappa shape index (κ3) is 2.38. The van der Waals surface area contributed by atoms with Crippen LogP contribution in [0.15, 0.2) is 65.8 Å². The molecule has 0 aliphatic carbocycles. The van der Waals surface area contributed by atoms with Crippen molar-refractivity contribution in [2.24, 2.45) is 10.7 Å². The van der Waals surface area contributed by atoms with E-state index in [4.69, 9.17) is 5.73 Å². The van der Waals surface area contributed by atoms with Crippen molar-refractivity contribution in [1.82, 2.24) is 4.98 Å². The van der Waals surface area contributed by atoms with Crippen LogP contribution in [0.1, 0.15) is 11.1 Å². The molecule has 20 heavy (non-hydrogen) atoms. The van der Waals surface area contributed by atoms with Crippen LogP contribution >= 0.6 is 0 Å². The third-order valence-electron chi connectivity index (χ3n) is 3.18. The zero-order chi connectivity index (χ0) is 13.9. The Hall–Kier alpha value is -2.68. The average molecular weight is 261 g/mol. The number of fused-ring (bicyclic) bond motifs is 1. The molecule has 0 radical (unpaired) electrons. The Morgan fingerprint density at radius 2 is 1.85 bits per heavy atom. The second-order valence-corrected chi connectivity index (χ2v) is 4.71. The number of nitrogens with zero attached hydrogens (tertiary/aromatic N) is 2. The number of hydrogen-bond acceptors (Lipinski definition) is 2. The van der Waals surface area contributed by atoms with Crippen LogP contribution in [0.3, 0.4) is 0 Å². The van der Waals surface area contributed by atoms with Gasteiger partial charge in [-0.05, 0) is 37.3 Å². The van der Waals surface area contributed by atoms with Crippen LogP contribution in [-0.2, 0) is 0 Å². The molecule has 3 rings (SSSR count). The summed E-state index contributed by atoms with van der Waals surface area (Å²) in [5, 5.41) is 1.03. The highest BCUT2D eigenvalue weighted by Gasteiger charge is 2.06. The minimum atomic E-state index is 0.509. The summed E-state index contributed by atoms with van der Waals surface area (Å²) in [6.45, 7) is 2.06. The summed E-state index contributed by atoms with van der Waals surface area (Å²) < 4.78 is 0. The van der Waals surface area contributed by atoms with E-state index < -0.39 is 0 Å². The van der Waals surface area contributed by atoms with E-state index in [1.165, 1.54) is 5.56 Å². The molecule has 0 amide bonds. The lowest BCUT2D eigenvalue weighted by atomic mass is 10.1. The molecular weight excluding hydrogens is 246 g/mol. The second kappa shape index (κ2) is 5.13. The topological polar surface area (TPSA) is 51.3 Å². The number of amidine groups is 1. The first-order valence-corrected chi connectivity index (χ1v) is 6.49. The lowest BCUT2D eigenvalue weighted by Crippen LogP contribution is -2.13. The van der Waals surface area contributed by atoms with Gasteiger partial charge >= 0.3 is 0 Å². The molecule has 2 N–H and O–H groups in total. The highest BCUT2D eigenvalue weighted by Crippen LogP contribution is 2.19. The molecule has 0 saturated heterocycles. The number of aromatic nitrogens is 1. The zero-order valence-corrected chi connectivity index (χ0v) is 11.2. The molecule has 3 aromatic rings. The number of aliphatic imine (C=N–C) groups is 1. The molecular formula is C17H15N3. The van der Waals surface area contributed by atoms with E-state index in [0.29, 0.717) is 5.84 Å². The van der Waals surface area contributed by atoms with Gasteiger partial charge in [-0.3, -0.25) is 4.98 Å². The highest BCUT2D eigenvalue weighted by atomic mass is 14.9. The van der Waals surface area contributed by atoms with Crippen molar-refractivity contribution < 1.29 is 0 Å². The minimum absolute atomic E-state index is 0.509.